The number of amides is 1. The minimum atomic E-state index is -4.59. The van der Waals surface area contributed by atoms with Gasteiger partial charge in [-0.15, -0.1) is 0 Å². The first kappa shape index (κ1) is 43.1. The summed E-state index contributed by atoms with van der Waals surface area (Å²) in [5.41, 5.74) is 5.34. The van der Waals surface area contributed by atoms with E-state index in [1.165, 1.54) is 41.1 Å². The highest BCUT2D eigenvalue weighted by Crippen LogP contribution is 2.43. The molecule has 1 amide bonds. The number of pyridine rings is 1. The van der Waals surface area contributed by atoms with Crippen LogP contribution in [0, 0.1) is 15.5 Å². The Morgan fingerprint density at radius 1 is 1.05 bits per heavy atom. The van der Waals surface area contributed by atoms with Crippen LogP contribution in [0.1, 0.15) is 56.0 Å². The summed E-state index contributed by atoms with van der Waals surface area (Å²) in [6.45, 7) is 11.4. The van der Waals surface area contributed by atoms with Crippen LogP contribution in [0.4, 0.5) is 17.1 Å². The number of carbonyl (C=O) groups is 1. The number of aromatic nitrogens is 2. The lowest BCUT2D eigenvalue weighted by Gasteiger charge is -2.39. The van der Waals surface area contributed by atoms with Crippen molar-refractivity contribution in [1.29, 1.82) is 0 Å². The molecule has 62 heavy (non-hydrogen) atoms. The Labute approximate surface area is 365 Å². The van der Waals surface area contributed by atoms with Gasteiger partial charge in [-0.2, -0.15) is 0 Å². The highest BCUT2D eigenvalue weighted by atomic mass is 35.5. The number of nitro benzene ring substituents is 1. The molecule has 1 aliphatic carbocycles. The number of H-pyrrole nitrogens is 1. The predicted molar refractivity (Wildman–Crippen MR) is 239 cm³/mol. The van der Waals surface area contributed by atoms with Gasteiger partial charge in [-0.3, -0.25) is 19.8 Å². The Balaban J connectivity index is 1.00. The minimum absolute atomic E-state index is 0.0521. The molecule has 3 aliphatic rings. The number of piperazine rings is 1. The number of hydrogen-bond donors (Lipinski definition) is 3. The van der Waals surface area contributed by atoms with Crippen LogP contribution in [0.15, 0.2) is 95.7 Å². The fourth-order valence-corrected chi connectivity index (χ4v) is 9.41. The monoisotopic (exact) mass is 883 g/mol. The van der Waals surface area contributed by atoms with Gasteiger partial charge in [0.2, 0.25) is 0 Å². The first-order chi connectivity index (χ1) is 29.7. The molecule has 17 heteroatoms. The summed E-state index contributed by atoms with van der Waals surface area (Å²) in [4.78, 5) is 37.0. The fourth-order valence-electron chi connectivity index (χ4n) is 8.30. The van der Waals surface area contributed by atoms with Crippen LogP contribution in [-0.2, 0) is 19.5 Å². The average molecular weight is 884 g/mol. The normalized spacial score (nSPS) is 19.6. The van der Waals surface area contributed by atoms with Gasteiger partial charge in [0.1, 0.15) is 22.8 Å². The van der Waals surface area contributed by atoms with Gasteiger partial charge in [0.05, 0.1) is 47.0 Å². The summed E-state index contributed by atoms with van der Waals surface area (Å²) in [5.74, 6) is -0.513. The summed E-state index contributed by atoms with van der Waals surface area (Å²) in [6.07, 6.45) is 5.98. The molecule has 0 unspecified atom stereocenters. The third-order valence-corrected chi connectivity index (χ3v) is 13.2. The number of nitrogens with one attached hydrogen (secondary N) is 3. The maximum absolute atomic E-state index is 13.9. The van der Waals surface area contributed by atoms with Crippen molar-refractivity contribution in [1.82, 2.24) is 19.6 Å². The SMILES string of the molecule is C[C@@H]1COC[C@H](CNc2ccc(S(=O)(=O)NC(=O)c3ccc(N4CCN(CC5=C(c6ccc(Cl)cc6)CC(C)(C)CC5)CC4)cc3Oc3cnc4[nH]ccc4c3)cc2[N+](=O)[O-])O1. The molecule has 5 aromatic rings. The summed E-state index contributed by atoms with van der Waals surface area (Å²) in [5, 5.41) is 16.6. The van der Waals surface area contributed by atoms with Gasteiger partial charge >= 0.3 is 0 Å². The third kappa shape index (κ3) is 10.1. The highest BCUT2D eigenvalue weighted by Gasteiger charge is 2.31. The number of sulfonamides is 1. The maximum atomic E-state index is 13.9. The van der Waals surface area contributed by atoms with Gasteiger partial charge in [-0.1, -0.05) is 43.2 Å². The van der Waals surface area contributed by atoms with Gasteiger partial charge in [-0.25, -0.2) is 18.1 Å². The Morgan fingerprint density at radius 2 is 1.84 bits per heavy atom. The number of allylic oxidation sites excluding steroid dienone is 1. The molecule has 3 aromatic carbocycles. The number of ether oxygens (including phenoxy) is 3. The van der Waals surface area contributed by atoms with Crippen molar-refractivity contribution >= 4 is 61.2 Å². The number of rotatable bonds is 13. The number of nitro groups is 1. The quantitative estimate of drug-likeness (QED) is 0.0766. The molecule has 3 N–H and O–H groups in total. The van der Waals surface area contributed by atoms with Gasteiger partial charge in [0.15, 0.2) is 0 Å². The van der Waals surface area contributed by atoms with Crippen LogP contribution < -0.4 is 19.7 Å². The molecule has 0 bridgehead atoms. The second-order valence-corrected chi connectivity index (χ2v) is 19.0. The van der Waals surface area contributed by atoms with Crippen LogP contribution in [0.5, 0.6) is 11.5 Å². The van der Waals surface area contributed by atoms with E-state index < -0.39 is 31.4 Å². The largest absolute Gasteiger partial charge is 0.455 e. The molecule has 0 saturated carbocycles. The average Bonchev–Trinajstić information content (AvgIpc) is 3.72. The lowest BCUT2D eigenvalue weighted by molar-refractivity contribution is -0.384. The molecule has 2 fully saturated rings. The molecule has 0 radical (unpaired) electrons. The van der Waals surface area contributed by atoms with E-state index in [1.807, 2.05) is 25.1 Å². The minimum Gasteiger partial charge on any atom is -0.455 e. The Morgan fingerprint density at radius 3 is 2.60 bits per heavy atom. The number of hydrogen-bond acceptors (Lipinski definition) is 12. The number of benzene rings is 3. The van der Waals surface area contributed by atoms with E-state index in [-0.39, 0.29) is 41.2 Å². The van der Waals surface area contributed by atoms with Crippen LogP contribution >= 0.6 is 11.6 Å². The van der Waals surface area contributed by atoms with Crippen molar-refractivity contribution in [3.63, 3.8) is 0 Å². The van der Waals surface area contributed by atoms with Crippen molar-refractivity contribution in [3.05, 3.63) is 117 Å². The van der Waals surface area contributed by atoms with E-state index in [0.29, 0.717) is 24.6 Å². The van der Waals surface area contributed by atoms with Gasteiger partial charge in [0, 0.05) is 73.7 Å². The second-order valence-electron chi connectivity index (χ2n) is 16.9. The maximum Gasteiger partial charge on any atom is 0.293 e. The van der Waals surface area contributed by atoms with Crippen LogP contribution in [0.25, 0.3) is 16.6 Å². The topological polar surface area (TPSA) is 181 Å². The van der Waals surface area contributed by atoms with E-state index in [1.54, 1.807) is 24.4 Å². The zero-order chi connectivity index (χ0) is 43.6. The Kier molecular flexibility index (Phi) is 12.6. The zero-order valence-electron chi connectivity index (χ0n) is 34.9. The first-order valence-electron chi connectivity index (χ1n) is 20.7. The predicted octanol–water partition coefficient (Wildman–Crippen LogP) is 8.04. The van der Waals surface area contributed by atoms with Crippen molar-refractivity contribution in [3.8, 4) is 11.5 Å². The van der Waals surface area contributed by atoms with Crippen molar-refractivity contribution in [2.75, 3.05) is 62.7 Å². The lowest BCUT2D eigenvalue weighted by atomic mass is 9.72. The van der Waals surface area contributed by atoms with E-state index in [0.717, 1.165) is 74.1 Å². The number of halogens is 1. The lowest BCUT2D eigenvalue weighted by Crippen LogP contribution is -2.47. The van der Waals surface area contributed by atoms with Gasteiger partial charge < -0.3 is 29.4 Å². The molecule has 2 saturated heterocycles. The molecule has 326 valence electrons. The smallest absolute Gasteiger partial charge is 0.293 e. The Hall–Kier alpha value is -5.52. The molecule has 8 rings (SSSR count). The number of aromatic amines is 1. The molecule has 2 aliphatic heterocycles. The fraction of sp³-hybridized carbons (Fsp3) is 0.378. The van der Waals surface area contributed by atoms with E-state index in [4.69, 9.17) is 25.8 Å². The summed E-state index contributed by atoms with van der Waals surface area (Å²) < 4.78 is 47.1. The Bertz CT molecular complexity index is 2610. The molecular weight excluding hydrogens is 834 g/mol. The molecule has 4 heterocycles. The number of nitrogens with zero attached hydrogens (tertiary/aromatic N) is 4. The number of carbonyl (C=O) groups excluding carboxylic acids is 1. The van der Waals surface area contributed by atoms with Crippen molar-refractivity contribution in [2.45, 2.75) is 57.1 Å². The van der Waals surface area contributed by atoms with Gasteiger partial charge in [0.25, 0.3) is 21.6 Å². The molecule has 2 aromatic heterocycles. The zero-order valence-corrected chi connectivity index (χ0v) is 36.4. The molecule has 0 spiro atoms. The van der Waals surface area contributed by atoms with Crippen molar-refractivity contribution < 1.29 is 32.3 Å². The molecule has 15 nitrogen and oxygen atoms in total. The standard InChI is InChI=1S/C45H50ClN7O8S/c1-29-27-59-28-36(60-29)25-48-40-11-9-37(22-41(40)53(55)56)62(57,58)50-44(54)38-10-8-34(21-42(38)61-35-20-31-13-15-47-43(31)49-24-35)52-18-16-51(17-19-52)26-32-12-14-45(2,3)23-39(32)30-4-6-33(46)7-5-30/h4-11,13,15,20-22,24,29,36,48H,12,14,16-19,23,25-28H2,1-3H3,(H,47,49)(H,50,54)/t29-,36+/m1/s1. The van der Waals surface area contributed by atoms with Gasteiger partial charge in [-0.05, 0) is 91.3 Å². The van der Waals surface area contributed by atoms with Crippen LogP contribution in [0.2, 0.25) is 5.02 Å². The summed E-state index contributed by atoms with van der Waals surface area (Å²) in [7, 11) is -4.59. The third-order valence-electron chi connectivity index (χ3n) is 11.6. The summed E-state index contributed by atoms with van der Waals surface area (Å²) in [6, 6.07) is 20.2. The highest BCUT2D eigenvalue weighted by molar-refractivity contribution is 7.90. The van der Waals surface area contributed by atoms with Crippen molar-refractivity contribution in [2.24, 2.45) is 5.41 Å². The van der Waals surface area contributed by atoms with Crippen LogP contribution in [-0.4, -0.2) is 98.8 Å². The number of anilines is 2. The van der Waals surface area contributed by atoms with Crippen LogP contribution in [0.3, 0.4) is 0 Å². The van der Waals surface area contributed by atoms with E-state index >= 15 is 0 Å². The first-order valence-corrected chi connectivity index (χ1v) is 22.6. The number of fused-ring (bicyclic) bond motifs is 1. The molecular formula is C45H50ClN7O8S. The van der Waals surface area contributed by atoms with E-state index in [9.17, 15) is 23.3 Å². The second kappa shape index (κ2) is 18.1. The molecule has 2 atom stereocenters. The van der Waals surface area contributed by atoms with E-state index in [2.05, 4.69) is 55.8 Å². The summed E-state index contributed by atoms with van der Waals surface area (Å²) >= 11 is 6.24.